The lowest BCUT2D eigenvalue weighted by molar-refractivity contribution is -0.120. The minimum atomic E-state index is -0.510. The molecule has 4 heterocycles. The highest BCUT2D eigenvalue weighted by molar-refractivity contribution is 5.96. The number of amides is 1. The van der Waals surface area contributed by atoms with Crippen molar-refractivity contribution >= 4 is 11.7 Å². The number of carbonyl (C=O) groups excluding carboxylic acids is 1. The Labute approximate surface area is 143 Å². The van der Waals surface area contributed by atoms with E-state index < -0.39 is 5.95 Å². The first-order valence-corrected chi connectivity index (χ1v) is 8.08. The minimum Gasteiger partial charge on any atom is -0.297 e. The van der Waals surface area contributed by atoms with Crippen molar-refractivity contribution in [3.8, 4) is 11.3 Å². The van der Waals surface area contributed by atoms with Crippen LogP contribution < -0.4 is 4.90 Å². The van der Waals surface area contributed by atoms with E-state index in [9.17, 15) is 9.18 Å². The number of hydrogen-bond acceptors (Lipinski definition) is 4. The van der Waals surface area contributed by atoms with E-state index in [-0.39, 0.29) is 11.8 Å². The third-order valence-corrected chi connectivity index (χ3v) is 4.42. The van der Waals surface area contributed by atoms with Gasteiger partial charge in [-0.2, -0.15) is 9.49 Å². The van der Waals surface area contributed by atoms with Gasteiger partial charge in [0.05, 0.1) is 5.69 Å². The molecule has 1 fully saturated rings. The average molecular weight is 337 g/mol. The zero-order valence-electron chi connectivity index (χ0n) is 13.4. The molecule has 0 bridgehead atoms. The fourth-order valence-electron chi connectivity index (χ4n) is 3.10. The van der Waals surface area contributed by atoms with Crippen molar-refractivity contribution in [2.75, 3.05) is 11.4 Å². The number of nitrogens with zero attached hydrogens (tertiary/aromatic N) is 4. The molecule has 1 aliphatic rings. The van der Waals surface area contributed by atoms with Crippen LogP contribution in [0.3, 0.4) is 0 Å². The summed E-state index contributed by atoms with van der Waals surface area (Å²) in [5.74, 6) is 0.106. The number of hydrogen-bond donors (Lipinski definition) is 1. The van der Waals surface area contributed by atoms with Crippen LogP contribution in [0.2, 0.25) is 0 Å². The van der Waals surface area contributed by atoms with Gasteiger partial charge in [-0.1, -0.05) is 6.07 Å². The molecule has 126 valence electrons. The standard InChI is InChI=1S/C18H16FN5O/c19-16-2-1-12(11-21-16)9-14-5-8-24(18(14)25)17-10-15(22-23-17)13-3-6-20-7-4-13/h1-4,6-7,10-11,14H,5,8-9H2,(H,22,23)/t14-/m0/s1. The Hall–Kier alpha value is -3.09. The number of nitrogens with one attached hydrogen (secondary N) is 1. The second-order valence-electron chi connectivity index (χ2n) is 6.04. The minimum absolute atomic E-state index is 0.0502. The lowest BCUT2D eigenvalue weighted by atomic mass is 9.99. The fourth-order valence-corrected chi connectivity index (χ4v) is 3.10. The SMILES string of the molecule is O=C1[C@H](Cc2ccc(F)nc2)CCN1c1cc(-c2ccncc2)n[nH]1. The number of carbonyl (C=O) groups is 1. The first-order valence-electron chi connectivity index (χ1n) is 8.08. The number of aromatic amines is 1. The molecule has 1 N–H and O–H groups in total. The molecule has 25 heavy (non-hydrogen) atoms. The van der Waals surface area contributed by atoms with E-state index in [0.717, 1.165) is 23.2 Å². The third-order valence-electron chi connectivity index (χ3n) is 4.42. The quantitative estimate of drug-likeness (QED) is 0.743. The van der Waals surface area contributed by atoms with E-state index in [1.807, 2.05) is 18.2 Å². The lowest BCUT2D eigenvalue weighted by Gasteiger charge is -2.14. The predicted molar refractivity (Wildman–Crippen MR) is 90.2 cm³/mol. The molecule has 0 radical (unpaired) electrons. The third kappa shape index (κ3) is 3.13. The van der Waals surface area contributed by atoms with Crippen molar-refractivity contribution < 1.29 is 9.18 Å². The van der Waals surface area contributed by atoms with Crippen LogP contribution in [0, 0.1) is 11.9 Å². The molecule has 4 rings (SSSR count). The van der Waals surface area contributed by atoms with Crippen LogP contribution in [-0.4, -0.2) is 32.6 Å². The topological polar surface area (TPSA) is 74.8 Å². The van der Waals surface area contributed by atoms with Crippen LogP contribution in [0.25, 0.3) is 11.3 Å². The van der Waals surface area contributed by atoms with Gasteiger partial charge in [0.15, 0.2) is 0 Å². The number of rotatable bonds is 4. The molecule has 0 aliphatic carbocycles. The molecular formula is C18H16FN5O. The van der Waals surface area contributed by atoms with Gasteiger partial charge in [0.25, 0.3) is 0 Å². The van der Waals surface area contributed by atoms with Gasteiger partial charge in [-0.05, 0) is 36.6 Å². The van der Waals surface area contributed by atoms with E-state index >= 15 is 0 Å². The molecule has 3 aromatic rings. The van der Waals surface area contributed by atoms with E-state index in [1.165, 1.54) is 12.3 Å². The fraction of sp³-hybridized carbons (Fsp3) is 0.222. The predicted octanol–water partition coefficient (Wildman–Crippen LogP) is 2.60. The van der Waals surface area contributed by atoms with E-state index in [1.54, 1.807) is 23.4 Å². The van der Waals surface area contributed by atoms with Crippen molar-refractivity contribution in [2.24, 2.45) is 5.92 Å². The van der Waals surface area contributed by atoms with E-state index in [0.29, 0.717) is 18.8 Å². The Morgan fingerprint density at radius 3 is 2.84 bits per heavy atom. The van der Waals surface area contributed by atoms with Crippen LogP contribution in [0.15, 0.2) is 48.9 Å². The van der Waals surface area contributed by atoms with Gasteiger partial charge in [-0.25, -0.2) is 4.98 Å². The van der Waals surface area contributed by atoms with Crippen molar-refractivity contribution in [3.63, 3.8) is 0 Å². The highest BCUT2D eigenvalue weighted by Gasteiger charge is 2.33. The summed E-state index contributed by atoms with van der Waals surface area (Å²) in [5.41, 5.74) is 2.58. The Kier molecular flexibility index (Phi) is 3.97. The van der Waals surface area contributed by atoms with Crippen LogP contribution in [0.5, 0.6) is 0 Å². The summed E-state index contributed by atoms with van der Waals surface area (Å²) < 4.78 is 12.9. The van der Waals surface area contributed by atoms with Gasteiger partial charge in [0.1, 0.15) is 5.82 Å². The van der Waals surface area contributed by atoms with Crippen LogP contribution >= 0.6 is 0 Å². The summed E-state index contributed by atoms with van der Waals surface area (Å²) in [6, 6.07) is 8.61. The Balaban J connectivity index is 1.48. The number of aromatic nitrogens is 4. The van der Waals surface area contributed by atoms with Gasteiger partial charge in [-0.3, -0.25) is 19.8 Å². The molecule has 1 atom stereocenters. The highest BCUT2D eigenvalue weighted by Crippen LogP contribution is 2.28. The number of H-pyrrole nitrogens is 1. The largest absolute Gasteiger partial charge is 0.297 e. The van der Waals surface area contributed by atoms with Gasteiger partial charge >= 0.3 is 0 Å². The Morgan fingerprint density at radius 2 is 2.08 bits per heavy atom. The van der Waals surface area contributed by atoms with Crippen molar-refractivity contribution in [2.45, 2.75) is 12.8 Å². The Morgan fingerprint density at radius 1 is 1.24 bits per heavy atom. The second-order valence-corrected chi connectivity index (χ2v) is 6.04. The van der Waals surface area contributed by atoms with Crippen molar-refractivity contribution in [1.29, 1.82) is 0 Å². The summed E-state index contributed by atoms with van der Waals surface area (Å²) in [6.45, 7) is 0.635. The molecule has 0 saturated carbocycles. The molecule has 6 nitrogen and oxygen atoms in total. The summed E-state index contributed by atoms with van der Waals surface area (Å²) >= 11 is 0. The Bertz CT molecular complexity index is 878. The molecule has 0 unspecified atom stereocenters. The van der Waals surface area contributed by atoms with Crippen molar-refractivity contribution in [1.82, 2.24) is 20.2 Å². The summed E-state index contributed by atoms with van der Waals surface area (Å²) in [6.07, 6.45) is 6.21. The normalized spacial score (nSPS) is 17.2. The van der Waals surface area contributed by atoms with Gasteiger partial charge < -0.3 is 0 Å². The number of pyridine rings is 2. The number of halogens is 1. The zero-order chi connectivity index (χ0) is 17.2. The van der Waals surface area contributed by atoms with Crippen LogP contribution in [0.4, 0.5) is 10.2 Å². The zero-order valence-corrected chi connectivity index (χ0v) is 13.4. The summed E-state index contributed by atoms with van der Waals surface area (Å²) in [7, 11) is 0. The molecule has 1 amide bonds. The van der Waals surface area contributed by atoms with Crippen LogP contribution in [0.1, 0.15) is 12.0 Å². The first kappa shape index (κ1) is 15.4. The summed E-state index contributed by atoms with van der Waals surface area (Å²) in [4.78, 5) is 22.1. The maximum atomic E-state index is 12.9. The molecule has 1 aliphatic heterocycles. The molecular weight excluding hydrogens is 321 g/mol. The van der Waals surface area contributed by atoms with Gasteiger partial charge in [0.2, 0.25) is 11.9 Å². The molecule has 1 saturated heterocycles. The monoisotopic (exact) mass is 337 g/mol. The van der Waals surface area contributed by atoms with Gasteiger partial charge in [0, 0.05) is 42.7 Å². The first-order chi connectivity index (χ1) is 12.2. The second kappa shape index (κ2) is 6.43. The summed E-state index contributed by atoms with van der Waals surface area (Å²) in [5, 5.41) is 7.23. The van der Waals surface area contributed by atoms with E-state index in [4.69, 9.17) is 0 Å². The molecule has 7 heteroatoms. The van der Waals surface area contributed by atoms with E-state index in [2.05, 4.69) is 20.2 Å². The average Bonchev–Trinajstić information content (AvgIpc) is 3.25. The smallest absolute Gasteiger partial charge is 0.231 e. The molecule has 0 aromatic carbocycles. The maximum Gasteiger partial charge on any atom is 0.231 e. The maximum absolute atomic E-state index is 12.9. The number of anilines is 1. The van der Waals surface area contributed by atoms with Crippen molar-refractivity contribution in [3.05, 3.63) is 60.4 Å². The molecule has 3 aromatic heterocycles. The molecule has 0 spiro atoms. The van der Waals surface area contributed by atoms with Crippen LogP contribution in [-0.2, 0) is 11.2 Å². The van der Waals surface area contributed by atoms with Gasteiger partial charge in [-0.15, -0.1) is 0 Å². The highest BCUT2D eigenvalue weighted by atomic mass is 19.1. The lowest BCUT2D eigenvalue weighted by Crippen LogP contribution is -2.28.